The van der Waals surface area contributed by atoms with Crippen LogP contribution in [0.2, 0.25) is 5.02 Å². The van der Waals surface area contributed by atoms with Crippen LogP contribution in [0.5, 0.6) is 0 Å². The number of aliphatic hydroxyl groups excluding tert-OH is 1. The molecule has 86 valence electrons. The van der Waals surface area contributed by atoms with E-state index in [4.69, 9.17) is 16.9 Å². The molecule has 4 heteroatoms. The second kappa shape index (κ2) is 5.74. The maximum atomic E-state index is 9.25. The molecule has 1 N–H and O–H groups in total. The van der Waals surface area contributed by atoms with E-state index in [9.17, 15) is 5.11 Å². The molecule has 1 rings (SSSR count). The van der Waals surface area contributed by atoms with Crippen molar-refractivity contribution in [3.8, 4) is 6.07 Å². The lowest BCUT2D eigenvalue weighted by Gasteiger charge is -2.27. The van der Waals surface area contributed by atoms with Gasteiger partial charge in [0.05, 0.1) is 19.1 Å². The molecule has 0 fully saturated rings. The monoisotopic (exact) mass is 238 g/mol. The van der Waals surface area contributed by atoms with Crippen LogP contribution < -0.4 is 4.90 Å². The molecule has 0 aliphatic carbocycles. The SMILES string of the molecule is CC(CC#N)N(C)c1ccc(Cl)cc1CO. The number of aliphatic hydroxyl groups is 1. The van der Waals surface area contributed by atoms with Gasteiger partial charge in [0, 0.05) is 29.4 Å². The third-order valence-electron chi connectivity index (χ3n) is 2.64. The van der Waals surface area contributed by atoms with Crippen molar-refractivity contribution >= 4 is 17.3 Å². The van der Waals surface area contributed by atoms with Gasteiger partial charge in [0.1, 0.15) is 0 Å². The summed E-state index contributed by atoms with van der Waals surface area (Å²) in [5.74, 6) is 0. The molecule has 0 amide bonds. The Bertz CT molecular complexity index is 400. The molecule has 0 saturated heterocycles. The molecule has 1 aromatic rings. The zero-order valence-corrected chi connectivity index (χ0v) is 10.2. The number of rotatable bonds is 4. The average Bonchev–Trinajstić information content (AvgIpc) is 2.28. The van der Waals surface area contributed by atoms with Crippen LogP contribution in [0, 0.1) is 11.3 Å². The first kappa shape index (κ1) is 12.8. The quantitative estimate of drug-likeness (QED) is 0.877. The molecule has 3 nitrogen and oxygen atoms in total. The first-order valence-corrected chi connectivity index (χ1v) is 5.47. The average molecular weight is 239 g/mol. The van der Waals surface area contributed by atoms with E-state index in [1.807, 2.05) is 24.9 Å². The molecule has 1 atom stereocenters. The van der Waals surface area contributed by atoms with Crippen LogP contribution in [-0.2, 0) is 6.61 Å². The van der Waals surface area contributed by atoms with Gasteiger partial charge in [-0.05, 0) is 25.1 Å². The number of hydrogen-bond acceptors (Lipinski definition) is 3. The fourth-order valence-electron chi connectivity index (χ4n) is 1.53. The molecule has 16 heavy (non-hydrogen) atoms. The van der Waals surface area contributed by atoms with Crippen molar-refractivity contribution in [2.45, 2.75) is 26.0 Å². The largest absolute Gasteiger partial charge is 0.392 e. The molecular weight excluding hydrogens is 224 g/mol. The van der Waals surface area contributed by atoms with Gasteiger partial charge in [-0.2, -0.15) is 5.26 Å². The molecule has 0 bridgehead atoms. The van der Waals surface area contributed by atoms with Crippen LogP contribution in [0.4, 0.5) is 5.69 Å². The molecule has 0 aliphatic heterocycles. The third-order valence-corrected chi connectivity index (χ3v) is 2.87. The van der Waals surface area contributed by atoms with Gasteiger partial charge in [-0.15, -0.1) is 0 Å². The lowest BCUT2D eigenvalue weighted by Crippen LogP contribution is -2.29. The number of nitrogens with zero attached hydrogens (tertiary/aromatic N) is 2. The Morgan fingerprint density at radius 3 is 2.81 bits per heavy atom. The zero-order chi connectivity index (χ0) is 12.1. The summed E-state index contributed by atoms with van der Waals surface area (Å²) in [5, 5.41) is 18.5. The van der Waals surface area contributed by atoms with E-state index in [-0.39, 0.29) is 12.6 Å². The van der Waals surface area contributed by atoms with Crippen molar-refractivity contribution in [2.75, 3.05) is 11.9 Å². The Hall–Kier alpha value is -1.24. The highest BCUT2D eigenvalue weighted by molar-refractivity contribution is 6.30. The summed E-state index contributed by atoms with van der Waals surface area (Å²) >= 11 is 5.86. The molecule has 0 aliphatic rings. The van der Waals surface area contributed by atoms with Gasteiger partial charge in [-0.25, -0.2) is 0 Å². The predicted molar refractivity (Wildman–Crippen MR) is 65.5 cm³/mol. The van der Waals surface area contributed by atoms with Crippen molar-refractivity contribution in [3.05, 3.63) is 28.8 Å². The van der Waals surface area contributed by atoms with Gasteiger partial charge >= 0.3 is 0 Å². The topological polar surface area (TPSA) is 47.3 Å². The molecule has 0 heterocycles. The van der Waals surface area contributed by atoms with Crippen molar-refractivity contribution in [1.29, 1.82) is 5.26 Å². The Morgan fingerprint density at radius 2 is 2.25 bits per heavy atom. The fourth-order valence-corrected chi connectivity index (χ4v) is 1.73. The normalized spacial score (nSPS) is 11.9. The summed E-state index contributed by atoms with van der Waals surface area (Å²) in [6, 6.07) is 7.63. The van der Waals surface area contributed by atoms with Gasteiger partial charge < -0.3 is 10.0 Å². The molecule has 1 unspecified atom stereocenters. The Kier molecular flexibility index (Phi) is 4.60. The van der Waals surface area contributed by atoms with E-state index in [2.05, 4.69) is 6.07 Å². The number of hydrogen-bond donors (Lipinski definition) is 1. The van der Waals surface area contributed by atoms with E-state index in [0.717, 1.165) is 11.3 Å². The highest BCUT2D eigenvalue weighted by Crippen LogP contribution is 2.25. The summed E-state index contributed by atoms with van der Waals surface area (Å²) in [6.45, 7) is 1.92. The maximum Gasteiger partial charge on any atom is 0.0702 e. The van der Waals surface area contributed by atoms with Crippen LogP contribution in [0.1, 0.15) is 18.9 Å². The summed E-state index contributed by atoms with van der Waals surface area (Å²) in [5.41, 5.74) is 1.69. The number of benzene rings is 1. The second-order valence-electron chi connectivity index (χ2n) is 3.75. The van der Waals surface area contributed by atoms with Gasteiger partial charge in [0.15, 0.2) is 0 Å². The lowest BCUT2D eigenvalue weighted by atomic mass is 10.1. The van der Waals surface area contributed by atoms with Gasteiger partial charge in [-0.1, -0.05) is 11.6 Å². The van der Waals surface area contributed by atoms with E-state index < -0.39 is 0 Å². The molecule has 0 aromatic heterocycles. The second-order valence-corrected chi connectivity index (χ2v) is 4.19. The minimum atomic E-state index is -0.0560. The number of nitriles is 1. The highest BCUT2D eigenvalue weighted by atomic mass is 35.5. The minimum Gasteiger partial charge on any atom is -0.392 e. The fraction of sp³-hybridized carbons (Fsp3) is 0.417. The van der Waals surface area contributed by atoms with Gasteiger partial charge in [0.2, 0.25) is 0 Å². The maximum absolute atomic E-state index is 9.25. The first-order chi connectivity index (χ1) is 7.60. The minimum absolute atomic E-state index is 0.0560. The van der Waals surface area contributed by atoms with Crippen LogP contribution in [0.15, 0.2) is 18.2 Å². The molecular formula is C12H15ClN2O. The van der Waals surface area contributed by atoms with E-state index in [1.54, 1.807) is 12.1 Å². The van der Waals surface area contributed by atoms with Crippen molar-refractivity contribution in [2.24, 2.45) is 0 Å². The summed E-state index contributed by atoms with van der Waals surface area (Å²) in [7, 11) is 1.91. The van der Waals surface area contributed by atoms with E-state index >= 15 is 0 Å². The van der Waals surface area contributed by atoms with Crippen LogP contribution in [-0.4, -0.2) is 18.2 Å². The van der Waals surface area contributed by atoms with E-state index in [0.29, 0.717) is 11.4 Å². The predicted octanol–water partition coefficient (Wildman–Crippen LogP) is 2.57. The third kappa shape index (κ3) is 2.88. The van der Waals surface area contributed by atoms with Crippen LogP contribution in [0.25, 0.3) is 0 Å². The Morgan fingerprint density at radius 1 is 1.56 bits per heavy atom. The smallest absolute Gasteiger partial charge is 0.0702 e. The number of halogens is 1. The van der Waals surface area contributed by atoms with E-state index in [1.165, 1.54) is 0 Å². The van der Waals surface area contributed by atoms with Crippen LogP contribution >= 0.6 is 11.6 Å². The van der Waals surface area contributed by atoms with Crippen molar-refractivity contribution in [3.63, 3.8) is 0 Å². The summed E-state index contributed by atoms with van der Waals surface area (Å²) in [4.78, 5) is 1.98. The highest BCUT2D eigenvalue weighted by Gasteiger charge is 2.13. The summed E-state index contributed by atoms with van der Waals surface area (Å²) in [6.07, 6.45) is 0.448. The standard InChI is InChI=1S/C12H15ClN2O/c1-9(5-6-14)15(2)12-4-3-11(13)7-10(12)8-16/h3-4,7,9,16H,5,8H2,1-2H3. The number of anilines is 1. The van der Waals surface area contributed by atoms with Crippen molar-refractivity contribution < 1.29 is 5.11 Å². The first-order valence-electron chi connectivity index (χ1n) is 5.09. The molecule has 0 radical (unpaired) electrons. The van der Waals surface area contributed by atoms with Gasteiger partial charge in [-0.3, -0.25) is 0 Å². The van der Waals surface area contributed by atoms with Crippen molar-refractivity contribution in [1.82, 2.24) is 0 Å². The summed E-state index contributed by atoms with van der Waals surface area (Å²) < 4.78 is 0. The molecule has 1 aromatic carbocycles. The zero-order valence-electron chi connectivity index (χ0n) is 9.44. The lowest BCUT2D eigenvalue weighted by molar-refractivity contribution is 0.282. The Labute approximate surface area is 101 Å². The molecule has 0 spiro atoms. The Balaban J connectivity index is 2.99. The molecule has 0 saturated carbocycles. The van der Waals surface area contributed by atoms with Crippen LogP contribution in [0.3, 0.4) is 0 Å². The van der Waals surface area contributed by atoms with Gasteiger partial charge in [0.25, 0.3) is 0 Å².